The van der Waals surface area contributed by atoms with E-state index >= 15 is 0 Å². The molecule has 0 amide bonds. The minimum Gasteiger partial charge on any atom is -0.465 e. The van der Waals surface area contributed by atoms with Gasteiger partial charge in [-0.25, -0.2) is 0 Å². The molecule has 0 aromatic heterocycles. The Hall–Kier alpha value is -0.610. The van der Waals surface area contributed by atoms with E-state index < -0.39 is 0 Å². The highest BCUT2D eigenvalue weighted by molar-refractivity contribution is 5.75. The molecule has 3 unspecified atom stereocenters. The summed E-state index contributed by atoms with van der Waals surface area (Å²) in [5.41, 5.74) is 0. The molecule has 0 aromatic rings. The largest absolute Gasteiger partial charge is 0.465 e. The quantitative estimate of drug-likeness (QED) is 0.699. The Kier molecular flexibility index (Phi) is 6.97. The number of ether oxygens (including phenoxy) is 1. The van der Waals surface area contributed by atoms with Gasteiger partial charge in [0.25, 0.3) is 0 Å². The lowest BCUT2D eigenvalue weighted by atomic mass is 9.85. The SMILES string of the molecule is CCCNC(CCN1CCC2CCCCC21)C(=O)OCC. The number of nitrogens with zero attached hydrogens (tertiary/aromatic N) is 1. The van der Waals surface area contributed by atoms with Crippen molar-refractivity contribution in [1.82, 2.24) is 10.2 Å². The molecular weight excluding hydrogens is 264 g/mol. The van der Waals surface area contributed by atoms with E-state index in [9.17, 15) is 4.79 Å². The van der Waals surface area contributed by atoms with E-state index in [1.165, 1.54) is 38.6 Å². The number of rotatable bonds is 8. The molecule has 2 rings (SSSR count). The van der Waals surface area contributed by atoms with Gasteiger partial charge in [-0.05, 0) is 58.0 Å². The molecule has 4 heteroatoms. The van der Waals surface area contributed by atoms with Crippen molar-refractivity contribution in [3.63, 3.8) is 0 Å². The van der Waals surface area contributed by atoms with Crippen molar-refractivity contribution < 1.29 is 9.53 Å². The molecule has 1 aliphatic carbocycles. The van der Waals surface area contributed by atoms with Crippen molar-refractivity contribution in [2.45, 2.75) is 70.9 Å². The zero-order valence-corrected chi connectivity index (χ0v) is 13.8. The van der Waals surface area contributed by atoms with Crippen LogP contribution in [0.1, 0.15) is 58.8 Å². The van der Waals surface area contributed by atoms with Gasteiger partial charge >= 0.3 is 5.97 Å². The first kappa shape index (κ1) is 16.8. The van der Waals surface area contributed by atoms with Crippen molar-refractivity contribution >= 4 is 5.97 Å². The summed E-state index contributed by atoms with van der Waals surface area (Å²) < 4.78 is 5.20. The molecule has 0 radical (unpaired) electrons. The molecule has 0 aromatic carbocycles. The topological polar surface area (TPSA) is 41.6 Å². The molecule has 3 atom stereocenters. The lowest BCUT2D eigenvalue weighted by Crippen LogP contribution is -2.43. The molecule has 122 valence electrons. The van der Waals surface area contributed by atoms with Crippen molar-refractivity contribution in [3.05, 3.63) is 0 Å². The van der Waals surface area contributed by atoms with Crippen molar-refractivity contribution in [2.75, 3.05) is 26.2 Å². The van der Waals surface area contributed by atoms with E-state index in [-0.39, 0.29) is 12.0 Å². The van der Waals surface area contributed by atoms with Gasteiger partial charge in [0.1, 0.15) is 6.04 Å². The number of fused-ring (bicyclic) bond motifs is 1. The van der Waals surface area contributed by atoms with E-state index in [1.54, 1.807) is 0 Å². The van der Waals surface area contributed by atoms with Crippen LogP contribution in [0.2, 0.25) is 0 Å². The summed E-state index contributed by atoms with van der Waals surface area (Å²) in [6.45, 7) is 7.61. The third-order valence-corrected chi connectivity index (χ3v) is 5.04. The number of carbonyl (C=O) groups is 1. The lowest BCUT2D eigenvalue weighted by molar-refractivity contribution is -0.146. The zero-order chi connectivity index (χ0) is 15.1. The van der Waals surface area contributed by atoms with Crippen LogP contribution in [0.4, 0.5) is 0 Å². The maximum atomic E-state index is 12.0. The summed E-state index contributed by atoms with van der Waals surface area (Å²) in [5.74, 6) is 0.841. The highest BCUT2D eigenvalue weighted by atomic mass is 16.5. The third-order valence-electron chi connectivity index (χ3n) is 5.04. The molecule has 4 nitrogen and oxygen atoms in total. The summed E-state index contributed by atoms with van der Waals surface area (Å²) in [4.78, 5) is 14.7. The van der Waals surface area contributed by atoms with Crippen LogP contribution >= 0.6 is 0 Å². The van der Waals surface area contributed by atoms with Gasteiger partial charge in [0.2, 0.25) is 0 Å². The van der Waals surface area contributed by atoms with Gasteiger partial charge < -0.3 is 15.0 Å². The van der Waals surface area contributed by atoms with Crippen LogP contribution in [0.15, 0.2) is 0 Å². The molecule has 2 fully saturated rings. The first-order valence-corrected chi connectivity index (χ1v) is 8.90. The highest BCUT2D eigenvalue weighted by Crippen LogP contribution is 2.36. The minimum absolute atomic E-state index is 0.0784. The van der Waals surface area contributed by atoms with Crippen molar-refractivity contribution in [3.8, 4) is 0 Å². The number of nitrogens with one attached hydrogen (secondary N) is 1. The summed E-state index contributed by atoms with van der Waals surface area (Å²) in [5, 5.41) is 3.35. The molecule has 1 saturated carbocycles. The summed E-state index contributed by atoms with van der Waals surface area (Å²) in [6, 6.07) is 0.653. The number of esters is 1. The second-order valence-corrected chi connectivity index (χ2v) is 6.48. The Morgan fingerprint density at radius 3 is 2.86 bits per heavy atom. The van der Waals surface area contributed by atoms with Gasteiger partial charge in [0, 0.05) is 12.6 Å². The van der Waals surface area contributed by atoms with E-state index in [4.69, 9.17) is 4.74 Å². The number of likely N-dealkylation sites (tertiary alicyclic amines) is 1. The molecule has 1 heterocycles. The molecule has 0 bridgehead atoms. The van der Waals surface area contributed by atoms with Crippen LogP contribution in [-0.4, -0.2) is 49.2 Å². The number of hydrogen-bond acceptors (Lipinski definition) is 4. The molecule has 0 spiro atoms. The monoisotopic (exact) mass is 296 g/mol. The summed E-state index contributed by atoms with van der Waals surface area (Å²) >= 11 is 0. The van der Waals surface area contributed by atoms with Crippen LogP contribution < -0.4 is 5.32 Å². The van der Waals surface area contributed by atoms with E-state index in [1.807, 2.05) is 6.92 Å². The smallest absolute Gasteiger partial charge is 0.323 e. The van der Waals surface area contributed by atoms with Crippen LogP contribution in [0.5, 0.6) is 0 Å². The van der Waals surface area contributed by atoms with Gasteiger partial charge in [-0.15, -0.1) is 0 Å². The fraction of sp³-hybridized carbons (Fsp3) is 0.941. The molecule has 2 aliphatic rings. The normalized spacial score (nSPS) is 27.3. The number of carbonyl (C=O) groups excluding carboxylic acids is 1. The van der Waals surface area contributed by atoms with Crippen molar-refractivity contribution in [2.24, 2.45) is 5.92 Å². The zero-order valence-electron chi connectivity index (χ0n) is 13.8. The average molecular weight is 296 g/mol. The molecule has 1 saturated heterocycles. The first-order chi connectivity index (χ1) is 10.3. The standard InChI is InChI=1S/C17H32N2O2/c1-3-11-18-15(17(20)21-4-2)10-13-19-12-9-14-7-5-6-8-16(14)19/h14-16,18H,3-13H2,1-2H3. The second-order valence-electron chi connectivity index (χ2n) is 6.48. The summed E-state index contributed by atoms with van der Waals surface area (Å²) in [7, 11) is 0. The fourth-order valence-corrected chi connectivity index (χ4v) is 3.94. The molecule has 21 heavy (non-hydrogen) atoms. The average Bonchev–Trinajstić information content (AvgIpc) is 2.91. The van der Waals surface area contributed by atoms with Crippen LogP contribution in [-0.2, 0) is 9.53 Å². The minimum atomic E-state index is -0.132. The third kappa shape index (κ3) is 4.68. The van der Waals surface area contributed by atoms with Crippen molar-refractivity contribution in [1.29, 1.82) is 0 Å². The Labute approximate surface area is 129 Å². The van der Waals surface area contributed by atoms with Gasteiger partial charge in [-0.2, -0.15) is 0 Å². The maximum Gasteiger partial charge on any atom is 0.323 e. The maximum absolute atomic E-state index is 12.0. The van der Waals surface area contributed by atoms with Crippen LogP contribution in [0.3, 0.4) is 0 Å². The lowest BCUT2D eigenvalue weighted by Gasteiger charge is -2.32. The van der Waals surface area contributed by atoms with E-state index in [0.29, 0.717) is 6.61 Å². The van der Waals surface area contributed by atoms with Gasteiger partial charge in [0.05, 0.1) is 6.61 Å². The van der Waals surface area contributed by atoms with Gasteiger partial charge in [-0.3, -0.25) is 4.79 Å². The Morgan fingerprint density at radius 2 is 2.10 bits per heavy atom. The van der Waals surface area contributed by atoms with Gasteiger partial charge in [-0.1, -0.05) is 19.8 Å². The van der Waals surface area contributed by atoms with E-state index in [2.05, 4.69) is 17.1 Å². The predicted octanol–water partition coefficient (Wildman–Crippen LogP) is 2.57. The van der Waals surface area contributed by atoms with Crippen LogP contribution in [0, 0.1) is 5.92 Å². The number of hydrogen-bond donors (Lipinski definition) is 1. The Bertz CT molecular complexity index is 322. The Morgan fingerprint density at radius 1 is 1.29 bits per heavy atom. The van der Waals surface area contributed by atoms with E-state index in [0.717, 1.165) is 37.9 Å². The highest BCUT2D eigenvalue weighted by Gasteiger charge is 2.35. The Balaban J connectivity index is 1.81. The predicted molar refractivity (Wildman–Crippen MR) is 85.3 cm³/mol. The molecule has 1 aliphatic heterocycles. The van der Waals surface area contributed by atoms with Crippen LogP contribution in [0.25, 0.3) is 0 Å². The van der Waals surface area contributed by atoms with Gasteiger partial charge in [0.15, 0.2) is 0 Å². The fourth-order valence-electron chi connectivity index (χ4n) is 3.94. The molecule has 1 N–H and O–H groups in total. The summed E-state index contributed by atoms with van der Waals surface area (Å²) in [6.07, 6.45) is 8.85. The molecular formula is C17H32N2O2. The second kappa shape index (κ2) is 8.74. The first-order valence-electron chi connectivity index (χ1n) is 8.90.